The van der Waals surface area contributed by atoms with Gasteiger partial charge in [0.15, 0.2) is 5.82 Å². The monoisotopic (exact) mass is 280 g/mol. The molecule has 0 spiro atoms. The molecule has 1 aliphatic rings. The van der Waals surface area contributed by atoms with Crippen molar-refractivity contribution in [1.82, 2.24) is 9.97 Å². The SMILES string of the molecule is CC1CC(C(=O)O)C(c2nc3c(F)cc(F)cc3[nH]2)C1. The number of hydrogen-bond donors (Lipinski definition) is 2. The molecule has 1 aromatic heterocycles. The van der Waals surface area contributed by atoms with E-state index in [2.05, 4.69) is 9.97 Å². The van der Waals surface area contributed by atoms with Crippen LogP contribution in [0.4, 0.5) is 8.78 Å². The molecule has 0 saturated heterocycles. The number of halogens is 2. The number of rotatable bonds is 2. The molecule has 20 heavy (non-hydrogen) atoms. The molecule has 3 rings (SSSR count). The smallest absolute Gasteiger partial charge is 0.307 e. The Morgan fingerprint density at radius 1 is 1.40 bits per heavy atom. The van der Waals surface area contributed by atoms with Crippen molar-refractivity contribution in [2.75, 3.05) is 0 Å². The molecule has 1 saturated carbocycles. The second-order valence-corrected chi connectivity index (χ2v) is 5.53. The maximum Gasteiger partial charge on any atom is 0.307 e. The van der Waals surface area contributed by atoms with E-state index in [4.69, 9.17) is 0 Å². The third-order valence-corrected chi connectivity index (χ3v) is 3.99. The highest BCUT2D eigenvalue weighted by molar-refractivity contribution is 5.77. The topological polar surface area (TPSA) is 66.0 Å². The number of carboxylic acids is 1. The van der Waals surface area contributed by atoms with Crippen LogP contribution in [0.3, 0.4) is 0 Å². The number of nitrogens with one attached hydrogen (secondary N) is 1. The van der Waals surface area contributed by atoms with Crippen LogP contribution in [0.15, 0.2) is 12.1 Å². The lowest BCUT2D eigenvalue weighted by Crippen LogP contribution is -2.17. The Labute approximate surface area is 113 Å². The predicted octanol–water partition coefficient (Wildman–Crippen LogP) is 3.06. The second-order valence-electron chi connectivity index (χ2n) is 5.53. The van der Waals surface area contributed by atoms with E-state index in [0.29, 0.717) is 18.7 Å². The average Bonchev–Trinajstić information content (AvgIpc) is 2.92. The molecule has 0 aliphatic heterocycles. The molecule has 0 amide bonds. The number of fused-ring (bicyclic) bond motifs is 1. The molecule has 2 aromatic rings. The van der Waals surface area contributed by atoms with Crippen LogP contribution >= 0.6 is 0 Å². The summed E-state index contributed by atoms with van der Waals surface area (Å²) >= 11 is 0. The van der Waals surface area contributed by atoms with Crippen LogP contribution in [-0.2, 0) is 4.79 Å². The summed E-state index contributed by atoms with van der Waals surface area (Å²) in [4.78, 5) is 18.3. The fraction of sp³-hybridized carbons (Fsp3) is 0.429. The molecular formula is C14H14F2N2O2. The van der Waals surface area contributed by atoms with E-state index in [1.165, 1.54) is 6.07 Å². The van der Waals surface area contributed by atoms with E-state index in [1.54, 1.807) is 0 Å². The van der Waals surface area contributed by atoms with E-state index in [1.807, 2.05) is 6.92 Å². The zero-order chi connectivity index (χ0) is 14.4. The number of H-pyrrole nitrogens is 1. The summed E-state index contributed by atoms with van der Waals surface area (Å²) in [7, 11) is 0. The van der Waals surface area contributed by atoms with Gasteiger partial charge in [-0.3, -0.25) is 4.79 Å². The molecule has 6 heteroatoms. The molecular weight excluding hydrogens is 266 g/mol. The molecule has 1 aliphatic carbocycles. The Hall–Kier alpha value is -1.98. The lowest BCUT2D eigenvalue weighted by atomic mass is 9.96. The summed E-state index contributed by atoms with van der Waals surface area (Å²) in [6.45, 7) is 1.98. The molecule has 2 N–H and O–H groups in total. The van der Waals surface area contributed by atoms with E-state index in [0.717, 1.165) is 6.07 Å². The van der Waals surface area contributed by atoms with Gasteiger partial charge in [0.25, 0.3) is 0 Å². The van der Waals surface area contributed by atoms with Crippen molar-refractivity contribution in [3.05, 3.63) is 29.6 Å². The summed E-state index contributed by atoms with van der Waals surface area (Å²) in [6, 6.07) is 1.95. The number of imidazole rings is 1. The summed E-state index contributed by atoms with van der Waals surface area (Å²) in [5, 5.41) is 9.26. The molecule has 1 heterocycles. The molecule has 0 bridgehead atoms. The number of carboxylic acid groups (broad SMARTS) is 1. The van der Waals surface area contributed by atoms with Crippen LogP contribution in [0.5, 0.6) is 0 Å². The van der Waals surface area contributed by atoms with Gasteiger partial charge in [-0.25, -0.2) is 13.8 Å². The van der Waals surface area contributed by atoms with Crippen molar-refractivity contribution in [3.8, 4) is 0 Å². The Morgan fingerprint density at radius 3 is 2.85 bits per heavy atom. The summed E-state index contributed by atoms with van der Waals surface area (Å²) in [5.41, 5.74) is 0.325. The van der Waals surface area contributed by atoms with Crippen LogP contribution in [0.2, 0.25) is 0 Å². The van der Waals surface area contributed by atoms with E-state index in [9.17, 15) is 18.7 Å². The van der Waals surface area contributed by atoms with Gasteiger partial charge in [0.1, 0.15) is 17.2 Å². The van der Waals surface area contributed by atoms with Gasteiger partial charge in [0, 0.05) is 12.0 Å². The first-order valence-electron chi connectivity index (χ1n) is 6.53. The van der Waals surface area contributed by atoms with Crippen molar-refractivity contribution < 1.29 is 18.7 Å². The molecule has 4 nitrogen and oxygen atoms in total. The Morgan fingerprint density at radius 2 is 2.15 bits per heavy atom. The average molecular weight is 280 g/mol. The Balaban J connectivity index is 2.06. The largest absolute Gasteiger partial charge is 0.481 e. The quantitative estimate of drug-likeness (QED) is 0.888. The van der Waals surface area contributed by atoms with Crippen LogP contribution in [0.1, 0.15) is 31.5 Å². The molecule has 1 aromatic carbocycles. The third-order valence-electron chi connectivity index (χ3n) is 3.99. The second kappa shape index (κ2) is 4.54. The zero-order valence-electron chi connectivity index (χ0n) is 10.9. The van der Waals surface area contributed by atoms with Crippen LogP contribution < -0.4 is 0 Å². The van der Waals surface area contributed by atoms with Gasteiger partial charge in [-0.1, -0.05) is 6.92 Å². The first kappa shape index (κ1) is 13.0. The first-order chi connectivity index (χ1) is 9.45. The van der Waals surface area contributed by atoms with E-state index < -0.39 is 23.5 Å². The predicted molar refractivity (Wildman–Crippen MR) is 68.3 cm³/mol. The lowest BCUT2D eigenvalue weighted by molar-refractivity contribution is -0.142. The number of carbonyl (C=O) groups is 1. The van der Waals surface area contributed by atoms with E-state index in [-0.39, 0.29) is 22.9 Å². The third kappa shape index (κ3) is 2.05. The number of aromatic amines is 1. The minimum absolute atomic E-state index is 0.0603. The summed E-state index contributed by atoms with van der Waals surface area (Å²) in [5.74, 6) is -2.39. The van der Waals surface area contributed by atoms with Gasteiger partial charge in [0.05, 0.1) is 11.4 Å². The standard InChI is InChI=1S/C14H14F2N2O2/c1-6-2-8(9(3-6)14(19)20)13-17-11-5-7(15)4-10(16)12(11)18-13/h4-6,8-9H,2-3H2,1H3,(H,17,18)(H,19,20). The Bertz CT molecular complexity index is 683. The van der Waals surface area contributed by atoms with Crippen molar-refractivity contribution in [2.45, 2.75) is 25.7 Å². The lowest BCUT2D eigenvalue weighted by Gasteiger charge is -2.12. The van der Waals surface area contributed by atoms with E-state index >= 15 is 0 Å². The fourth-order valence-electron chi connectivity index (χ4n) is 3.10. The highest BCUT2D eigenvalue weighted by Crippen LogP contribution is 2.42. The highest BCUT2D eigenvalue weighted by atomic mass is 19.1. The first-order valence-corrected chi connectivity index (χ1v) is 6.53. The maximum atomic E-state index is 13.6. The molecule has 106 valence electrons. The number of aromatic nitrogens is 2. The zero-order valence-corrected chi connectivity index (χ0v) is 10.9. The number of nitrogens with zero attached hydrogens (tertiary/aromatic N) is 1. The number of benzene rings is 1. The van der Waals surface area contributed by atoms with Crippen molar-refractivity contribution in [2.24, 2.45) is 11.8 Å². The molecule has 3 atom stereocenters. The van der Waals surface area contributed by atoms with Crippen LogP contribution in [0.25, 0.3) is 11.0 Å². The van der Waals surface area contributed by atoms with Gasteiger partial charge < -0.3 is 10.1 Å². The number of aliphatic carboxylic acids is 1. The summed E-state index contributed by atoms with van der Waals surface area (Å²) < 4.78 is 26.8. The minimum atomic E-state index is -0.869. The minimum Gasteiger partial charge on any atom is -0.481 e. The van der Waals surface area contributed by atoms with Crippen molar-refractivity contribution in [1.29, 1.82) is 0 Å². The van der Waals surface area contributed by atoms with Gasteiger partial charge in [-0.15, -0.1) is 0 Å². The normalized spacial score (nSPS) is 26.2. The fourth-order valence-corrected chi connectivity index (χ4v) is 3.10. The Kier molecular flexibility index (Phi) is 2.96. The van der Waals surface area contributed by atoms with Crippen LogP contribution in [0, 0.1) is 23.5 Å². The highest BCUT2D eigenvalue weighted by Gasteiger charge is 2.39. The molecule has 0 radical (unpaired) electrons. The van der Waals surface area contributed by atoms with Gasteiger partial charge in [-0.05, 0) is 24.8 Å². The van der Waals surface area contributed by atoms with Crippen molar-refractivity contribution in [3.63, 3.8) is 0 Å². The van der Waals surface area contributed by atoms with Crippen LogP contribution in [-0.4, -0.2) is 21.0 Å². The number of hydrogen-bond acceptors (Lipinski definition) is 2. The van der Waals surface area contributed by atoms with Gasteiger partial charge in [-0.2, -0.15) is 0 Å². The molecule has 3 unspecified atom stereocenters. The van der Waals surface area contributed by atoms with Gasteiger partial charge in [0.2, 0.25) is 0 Å². The van der Waals surface area contributed by atoms with Gasteiger partial charge >= 0.3 is 5.97 Å². The van der Waals surface area contributed by atoms with Crippen molar-refractivity contribution >= 4 is 17.0 Å². The molecule has 1 fully saturated rings. The summed E-state index contributed by atoms with van der Waals surface area (Å²) in [6.07, 6.45) is 1.26. The maximum absolute atomic E-state index is 13.6.